The van der Waals surface area contributed by atoms with Gasteiger partial charge in [0, 0.05) is 26.4 Å². The van der Waals surface area contributed by atoms with Crippen LogP contribution in [0.2, 0.25) is 0 Å². The predicted octanol–water partition coefficient (Wildman–Crippen LogP) is -2.17. The molecule has 0 unspecified atom stereocenters. The van der Waals surface area contributed by atoms with Crippen molar-refractivity contribution in [3.8, 4) is 0 Å². The molecule has 24 heavy (non-hydrogen) atoms. The molecule has 128 valence electrons. The summed E-state index contributed by atoms with van der Waals surface area (Å²) in [5.41, 5.74) is -2.19. The molecule has 2 rings (SSSR count). The molecule has 0 radical (unpaired) electrons. The molecule has 0 spiro atoms. The van der Waals surface area contributed by atoms with E-state index in [0.29, 0.717) is 0 Å². The van der Waals surface area contributed by atoms with Gasteiger partial charge < -0.3 is 15.4 Å². The smallest absolute Gasteiger partial charge is 0.329 e. The fourth-order valence-electron chi connectivity index (χ4n) is 2.02. The van der Waals surface area contributed by atoms with Crippen LogP contribution in [0.15, 0.2) is 14.4 Å². The highest BCUT2D eigenvalue weighted by Gasteiger charge is 2.12. The van der Waals surface area contributed by atoms with E-state index in [4.69, 9.17) is 5.11 Å². The van der Waals surface area contributed by atoms with Crippen molar-refractivity contribution in [3.05, 3.63) is 36.9 Å². The second kappa shape index (κ2) is 6.89. The second-order valence-corrected chi connectivity index (χ2v) is 5.02. The Hall–Kier alpha value is -3.24. The van der Waals surface area contributed by atoms with Crippen molar-refractivity contribution in [1.82, 2.24) is 24.8 Å². The first kappa shape index (κ1) is 17.1. The highest BCUT2D eigenvalue weighted by atomic mass is 16.4. The molecule has 0 saturated carbocycles. The summed E-state index contributed by atoms with van der Waals surface area (Å²) in [6.45, 7) is -0.0164. The zero-order chi connectivity index (χ0) is 17.9. The van der Waals surface area contributed by atoms with Crippen LogP contribution in [0.25, 0.3) is 11.2 Å². The lowest BCUT2D eigenvalue weighted by molar-refractivity contribution is -0.136. The number of carboxylic acid groups (broad SMARTS) is 1. The maximum Gasteiger partial charge on any atom is 0.329 e. The van der Waals surface area contributed by atoms with Gasteiger partial charge in [0.2, 0.25) is 5.91 Å². The molecule has 0 aliphatic carbocycles. The van der Waals surface area contributed by atoms with Crippen LogP contribution >= 0.6 is 0 Å². The van der Waals surface area contributed by atoms with Crippen LogP contribution in [0.3, 0.4) is 0 Å². The average molecular weight is 337 g/mol. The zero-order valence-electron chi connectivity index (χ0n) is 12.7. The molecule has 0 aliphatic rings. The van der Waals surface area contributed by atoms with E-state index >= 15 is 0 Å². The summed E-state index contributed by atoms with van der Waals surface area (Å²) >= 11 is 0. The van der Waals surface area contributed by atoms with Crippen molar-refractivity contribution in [3.63, 3.8) is 0 Å². The molecule has 0 fully saturated rings. The topological polar surface area (TPSA) is 167 Å². The zero-order valence-corrected chi connectivity index (χ0v) is 12.7. The van der Waals surface area contributed by atoms with Gasteiger partial charge in [-0.1, -0.05) is 0 Å². The van der Waals surface area contributed by atoms with Gasteiger partial charge in [0.25, 0.3) is 11.1 Å². The Labute approximate surface area is 133 Å². The van der Waals surface area contributed by atoms with Crippen LogP contribution in [0, 0.1) is 0 Å². The highest BCUT2D eigenvalue weighted by Crippen LogP contribution is 2.00. The van der Waals surface area contributed by atoms with Crippen molar-refractivity contribution in [2.24, 2.45) is 7.05 Å². The van der Waals surface area contributed by atoms with Gasteiger partial charge >= 0.3 is 11.7 Å². The second-order valence-electron chi connectivity index (χ2n) is 5.02. The molecule has 1 amide bonds. The van der Waals surface area contributed by atoms with E-state index in [0.717, 1.165) is 4.57 Å². The van der Waals surface area contributed by atoms with Gasteiger partial charge in [-0.15, -0.1) is 0 Å². The molecular weight excluding hydrogens is 322 g/mol. The number of nitrogens with zero attached hydrogens (tertiary/aromatic N) is 2. The molecule has 11 nitrogen and oxygen atoms in total. The number of carbonyl (C=O) groups is 2. The highest BCUT2D eigenvalue weighted by molar-refractivity contribution is 5.77. The molecule has 11 heteroatoms. The van der Waals surface area contributed by atoms with Gasteiger partial charge in [-0.3, -0.25) is 28.7 Å². The summed E-state index contributed by atoms with van der Waals surface area (Å²) in [6, 6.07) is 0. The van der Waals surface area contributed by atoms with E-state index < -0.39 is 28.7 Å². The number of amides is 1. The number of aryl methyl sites for hydroxylation is 2. The minimum Gasteiger partial charge on any atom is -0.481 e. The summed E-state index contributed by atoms with van der Waals surface area (Å²) in [5, 5.41) is 10.9. The number of carbonyl (C=O) groups excluding carboxylic acids is 1. The molecule has 4 N–H and O–H groups in total. The Morgan fingerprint density at radius 2 is 1.88 bits per heavy atom. The van der Waals surface area contributed by atoms with Crippen molar-refractivity contribution in [2.45, 2.75) is 19.3 Å². The molecular formula is C13H15N5O6. The van der Waals surface area contributed by atoms with Gasteiger partial charge in [0.15, 0.2) is 5.52 Å². The van der Waals surface area contributed by atoms with Crippen LogP contribution in [0.4, 0.5) is 0 Å². The summed E-state index contributed by atoms with van der Waals surface area (Å²) in [7, 11) is 1.37. The molecule has 2 aromatic rings. The van der Waals surface area contributed by atoms with Crippen LogP contribution in [0.5, 0.6) is 0 Å². The molecule has 2 heterocycles. The fourth-order valence-corrected chi connectivity index (χ4v) is 2.02. The maximum atomic E-state index is 12.0. The molecule has 0 aromatic carbocycles. The Morgan fingerprint density at radius 1 is 1.17 bits per heavy atom. The number of aromatic nitrogens is 4. The normalized spacial score (nSPS) is 10.7. The average Bonchev–Trinajstić information content (AvgIpc) is 2.50. The maximum absolute atomic E-state index is 12.0. The number of aliphatic carboxylic acids is 1. The lowest BCUT2D eigenvalue weighted by Gasteiger charge is -2.05. The van der Waals surface area contributed by atoms with Crippen molar-refractivity contribution >= 4 is 23.0 Å². The first-order chi connectivity index (χ1) is 11.3. The summed E-state index contributed by atoms with van der Waals surface area (Å²) in [6.07, 6.45) is -0.332. The Balaban J connectivity index is 2.19. The van der Waals surface area contributed by atoms with E-state index in [-0.39, 0.29) is 42.7 Å². The van der Waals surface area contributed by atoms with Crippen molar-refractivity contribution < 1.29 is 14.7 Å². The standard InChI is InChI=1S/C13H15N5O6/c1-18-10-9(12(23)17-13(18)24)15-6(11(22)16-10)2-3-7(19)14-5-4-8(20)21/h2-5H2,1H3,(H,14,19)(H,16,22)(H,20,21)(H,17,23,24). The number of rotatable bonds is 6. The number of H-pyrrole nitrogens is 2. The van der Waals surface area contributed by atoms with E-state index in [1.165, 1.54) is 7.05 Å². The predicted molar refractivity (Wildman–Crippen MR) is 81.8 cm³/mol. The Bertz CT molecular complexity index is 969. The fraction of sp³-hybridized carbons (Fsp3) is 0.385. The quantitative estimate of drug-likeness (QED) is 0.465. The Kier molecular flexibility index (Phi) is 4.92. The molecule has 0 bridgehead atoms. The number of fused-ring (bicyclic) bond motifs is 1. The third-order valence-corrected chi connectivity index (χ3v) is 3.29. The number of aromatic amines is 2. The summed E-state index contributed by atoms with van der Waals surface area (Å²) < 4.78 is 1.05. The van der Waals surface area contributed by atoms with Gasteiger partial charge in [0.05, 0.1) is 6.42 Å². The van der Waals surface area contributed by atoms with Crippen LogP contribution < -0.4 is 22.1 Å². The minimum atomic E-state index is -1.03. The van der Waals surface area contributed by atoms with Gasteiger partial charge in [-0.2, -0.15) is 0 Å². The molecule has 0 saturated heterocycles. The van der Waals surface area contributed by atoms with Crippen LogP contribution in [0.1, 0.15) is 18.5 Å². The van der Waals surface area contributed by atoms with E-state index in [1.54, 1.807) is 0 Å². The first-order valence-corrected chi connectivity index (χ1v) is 7.00. The molecule has 2 aromatic heterocycles. The van der Waals surface area contributed by atoms with Gasteiger partial charge in [-0.05, 0) is 0 Å². The Morgan fingerprint density at radius 3 is 2.54 bits per heavy atom. The van der Waals surface area contributed by atoms with E-state index in [9.17, 15) is 24.0 Å². The van der Waals surface area contributed by atoms with Crippen molar-refractivity contribution in [2.75, 3.05) is 6.54 Å². The number of nitrogens with one attached hydrogen (secondary N) is 3. The molecule has 0 atom stereocenters. The lowest BCUT2D eigenvalue weighted by atomic mass is 10.2. The monoisotopic (exact) mass is 337 g/mol. The number of carboxylic acids is 1. The van der Waals surface area contributed by atoms with Gasteiger partial charge in [0.1, 0.15) is 11.3 Å². The summed E-state index contributed by atoms with van der Waals surface area (Å²) in [4.78, 5) is 65.6. The number of hydrogen-bond donors (Lipinski definition) is 4. The largest absolute Gasteiger partial charge is 0.481 e. The minimum absolute atomic E-state index is 0.0107. The number of hydrogen-bond acceptors (Lipinski definition) is 6. The first-order valence-electron chi connectivity index (χ1n) is 7.00. The van der Waals surface area contributed by atoms with Crippen LogP contribution in [-0.2, 0) is 23.1 Å². The molecule has 0 aliphatic heterocycles. The van der Waals surface area contributed by atoms with E-state index in [2.05, 4.69) is 20.3 Å². The SMILES string of the molecule is Cn1c(=O)[nH]c(=O)c2nc(CCC(=O)NCCC(=O)O)c(=O)[nH]c21. The van der Waals surface area contributed by atoms with Gasteiger partial charge in [-0.25, -0.2) is 9.78 Å². The van der Waals surface area contributed by atoms with Crippen molar-refractivity contribution in [1.29, 1.82) is 0 Å². The van der Waals surface area contributed by atoms with E-state index in [1.807, 2.05) is 0 Å². The lowest BCUT2D eigenvalue weighted by Crippen LogP contribution is -2.32. The summed E-state index contributed by atoms with van der Waals surface area (Å²) in [5.74, 6) is -1.47. The third-order valence-electron chi connectivity index (χ3n) is 3.29. The third kappa shape index (κ3) is 3.74. The van der Waals surface area contributed by atoms with Crippen LogP contribution in [-0.4, -0.2) is 43.0 Å².